The normalized spacial score (nSPS) is 17.8. The van der Waals surface area contributed by atoms with Crippen LogP contribution in [0.1, 0.15) is 31.2 Å². The first kappa shape index (κ1) is 11.4. The largest absolute Gasteiger partial charge is 0.313 e. The van der Waals surface area contributed by atoms with E-state index in [1.165, 1.54) is 18.4 Å². The maximum Gasteiger partial charge on any atom is 0.0452 e. The van der Waals surface area contributed by atoms with Crippen LogP contribution in [0.5, 0.6) is 0 Å². The van der Waals surface area contributed by atoms with Gasteiger partial charge in [0.15, 0.2) is 0 Å². The van der Waals surface area contributed by atoms with E-state index in [-0.39, 0.29) is 0 Å². The molecule has 0 bridgehead atoms. The first-order valence-electron chi connectivity index (χ1n) is 5.35. The Morgan fingerprint density at radius 1 is 1.53 bits per heavy atom. The highest BCUT2D eigenvalue weighted by molar-refractivity contribution is 9.10. The zero-order valence-electron chi connectivity index (χ0n) is 8.76. The molecule has 3 heteroatoms. The molecule has 0 saturated heterocycles. The van der Waals surface area contributed by atoms with Gasteiger partial charge in [0.05, 0.1) is 0 Å². The average molecular weight is 289 g/mol. The molecule has 15 heavy (non-hydrogen) atoms. The van der Waals surface area contributed by atoms with E-state index >= 15 is 0 Å². The fraction of sp³-hybridized carbons (Fsp3) is 0.500. The van der Waals surface area contributed by atoms with Crippen LogP contribution in [-0.2, 0) is 0 Å². The molecule has 82 valence electrons. The van der Waals surface area contributed by atoms with Crippen molar-refractivity contribution in [2.45, 2.75) is 31.7 Å². The summed E-state index contributed by atoms with van der Waals surface area (Å²) in [7, 11) is 0. The number of hydrogen-bond acceptors (Lipinski definition) is 1. The monoisotopic (exact) mass is 287 g/mol. The van der Waals surface area contributed by atoms with E-state index in [0.717, 1.165) is 22.1 Å². The molecular formula is C12H15BrClN. The standard InChI is InChI=1S/C12H15BrClN/c1-8(7-15-10-3-4-10)11-5-2-9(13)6-12(11)14/h2,5-6,8,10,15H,3-4,7H2,1H3. The molecule has 0 amide bonds. The van der Waals surface area contributed by atoms with Gasteiger partial charge >= 0.3 is 0 Å². The second-order valence-corrected chi connectivity index (χ2v) is 5.57. The van der Waals surface area contributed by atoms with Crippen LogP contribution in [0.15, 0.2) is 22.7 Å². The smallest absolute Gasteiger partial charge is 0.0452 e. The first-order valence-corrected chi connectivity index (χ1v) is 6.52. The minimum absolute atomic E-state index is 0.478. The molecular weight excluding hydrogens is 273 g/mol. The highest BCUT2D eigenvalue weighted by Gasteiger charge is 2.21. The minimum Gasteiger partial charge on any atom is -0.313 e. The Morgan fingerprint density at radius 2 is 2.27 bits per heavy atom. The van der Waals surface area contributed by atoms with Gasteiger partial charge in [0.25, 0.3) is 0 Å². The van der Waals surface area contributed by atoms with Crippen molar-refractivity contribution in [1.29, 1.82) is 0 Å². The van der Waals surface area contributed by atoms with Crippen LogP contribution in [0.3, 0.4) is 0 Å². The molecule has 0 aliphatic heterocycles. The van der Waals surface area contributed by atoms with Gasteiger partial charge in [-0.25, -0.2) is 0 Å². The lowest BCUT2D eigenvalue weighted by atomic mass is 10.0. The van der Waals surface area contributed by atoms with Gasteiger partial charge < -0.3 is 5.32 Å². The lowest BCUT2D eigenvalue weighted by molar-refractivity contribution is 0.612. The Bertz CT molecular complexity index is 349. The summed E-state index contributed by atoms with van der Waals surface area (Å²) in [4.78, 5) is 0. The number of nitrogens with one attached hydrogen (secondary N) is 1. The van der Waals surface area contributed by atoms with Gasteiger partial charge in [0.1, 0.15) is 0 Å². The summed E-state index contributed by atoms with van der Waals surface area (Å²) in [6.07, 6.45) is 2.67. The van der Waals surface area contributed by atoms with E-state index in [9.17, 15) is 0 Å². The summed E-state index contributed by atoms with van der Waals surface area (Å²) < 4.78 is 1.04. The van der Waals surface area contributed by atoms with E-state index in [2.05, 4.69) is 40.3 Å². The summed E-state index contributed by atoms with van der Waals surface area (Å²) in [5.74, 6) is 0.478. The Hall–Kier alpha value is -0.0500. The highest BCUT2D eigenvalue weighted by Crippen LogP contribution is 2.28. The van der Waals surface area contributed by atoms with Gasteiger partial charge in [-0.2, -0.15) is 0 Å². The molecule has 0 radical (unpaired) electrons. The van der Waals surface area contributed by atoms with Crippen LogP contribution >= 0.6 is 27.5 Å². The fourth-order valence-corrected chi connectivity index (χ4v) is 2.50. The van der Waals surface area contributed by atoms with Crippen molar-refractivity contribution in [3.63, 3.8) is 0 Å². The van der Waals surface area contributed by atoms with E-state index in [1.54, 1.807) is 0 Å². The van der Waals surface area contributed by atoms with Crippen LogP contribution < -0.4 is 5.32 Å². The molecule has 1 aliphatic carbocycles. The van der Waals surface area contributed by atoms with Crippen molar-refractivity contribution in [3.8, 4) is 0 Å². The van der Waals surface area contributed by atoms with Crippen molar-refractivity contribution < 1.29 is 0 Å². The van der Waals surface area contributed by atoms with Crippen molar-refractivity contribution in [1.82, 2.24) is 5.32 Å². The molecule has 1 nitrogen and oxygen atoms in total. The van der Waals surface area contributed by atoms with Gasteiger partial charge in [-0.05, 0) is 36.5 Å². The van der Waals surface area contributed by atoms with Gasteiger partial charge in [-0.15, -0.1) is 0 Å². The Labute approximate surface area is 104 Å². The predicted octanol–water partition coefficient (Wildman–Crippen LogP) is 3.96. The summed E-state index contributed by atoms with van der Waals surface area (Å²) in [5, 5.41) is 4.38. The lowest BCUT2D eigenvalue weighted by Gasteiger charge is -2.14. The van der Waals surface area contributed by atoms with Crippen LogP contribution in [0, 0.1) is 0 Å². The van der Waals surface area contributed by atoms with Gasteiger partial charge in [0.2, 0.25) is 0 Å². The third kappa shape index (κ3) is 3.20. The molecule has 2 rings (SSSR count). The van der Waals surface area contributed by atoms with E-state index < -0.39 is 0 Å². The molecule has 0 aromatic heterocycles. The highest BCUT2D eigenvalue weighted by atomic mass is 79.9. The van der Waals surface area contributed by atoms with Gasteiger partial charge in [0, 0.05) is 22.1 Å². The van der Waals surface area contributed by atoms with Crippen molar-refractivity contribution in [2.75, 3.05) is 6.54 Å². The van der Waals surface area contributed by atoms with E-state index in [0.29, 0.717) is 5.92 Å². The molecule has 1 aromatic rings. The second-order valence-electron chi connectivity index (χ2n) is 4.25. The molecule has 1 atom stereocenters. The molecule has 1 unspecified atom stereocenters. The van der Waals surface area contributed by atoms with E-state index in [1.807, 2.05) is 6.07 Å². The molecule has 1 saturated carbocycles. The average Bonchev–Trinajstić information content (AvgIpc) is 2.97. The van der Waals surface area contributed by atoms with Crippen molar-refractivity contribution in [2.24, 2.45) is 0 Å². The maximum atomic E-state index is 6.20. The molecule has 0 spiro atoms. The minimum atomic E-state index is 0.478. The summed E-state index contributed by atoms with van der Waals surface area (Å²) >= 11 is 9.62. The number of hydrogen-bond donors (Lipinski definition) is 1. The van der Waals surface area contributed by atoms with Crippen LogP contribution in [0.25, 0.3) is 0 Å². The molecule has 1 N–H and O–H groups in total. The van der Waals surface area contributed by atoms with E-state index in [4.69, 9.17) is 11.6 Å². The zero-order valence-corrected chi connectivity index (χ0v) is 11.1. The zero-order chi connectivity index (χ0) is 10.8. The Balaban J connectivity index is 1.99. The Kier molecular flexibility index (Phi) is 3.70. The second kappa shape index (κ2) is 4.86. The number of benzene rings is 1. The number of rotatable bonds is 4. The summed E-state index contributed by atoms with van der Waals surface area (Å²) in [6.45, 7) is 3.23. The van der Waals surface area contributed by atoms with Crippen molar-refractivity contribution >= 4 is 27.5 Å². The fourth-order valence-electron chi connectivity index (χ4n) is 1.64. The lowest BCUT2D eigenvalue weighted by Crippen LogP contribution is -2.22. The van der Waals surface area contributed by atoms with Crippen LogP contribution in [0.2, 0.25) is 5.02 Å². The summed E-state index contributed by atoms with van der Waals surface area (Å²) in [5.41, 5.74) is 1.23. The third-order valence-corrected chi connectivity index (χ3v) is 3.60. The topological polar surface area (TPSA) is 12.0 Å². The van der Waals surface area contributed by atoms with Gasteiger partial charge in [-0.1, -0.05) is 40.5 Å². The Morgan fingerprint density at radius 3 is 2.87 bits per heavy atom. The number of halogens is 2. The summed E-state index contributed by atoms with van der Waals surface area (Å²) in [6, 6.07) is 6.88. The molecule has 0 heterocycles. The molecule has 1 aromatic carbocycles. The maximum absolute atomic E-state index is 6.20. The predicted molar refractivity (Wildman–Crippen MR) is 68.6 cm³/mol. The van der Waals surface area contributed by atoms with Crippen LogP contribution in [-0.4, -0.2) is 12.6 Å². The molecule has 1 aliphatic rings. The first-order chi connectivity index (χ1) is 7.16. The van der Waals surface area contributed by atoms with Gasteiger partial charge in [-0.3, -0.25) is 0 Å². The van der Waals surface area contributed by atoms with Crippen molar-refractivity contribution in [3.05, 3.63) is 33.3 Å². The third-order valence-electron chi connectivity index (χ3n) is 2.78. The SMILES string of the molecule is CC(CNC1CC1)c1ccc(Br)cc1Cl. The quantitative estimate of drug-likeness (QED) is 0.884. The molecule has 1 fully saturated rings. The van der Waals surface area contributed by atoms with Crippen LogP contribution in [0.4, 0.5) is 0 Å².